The summed E-state index contributed by atoms with van der Waals surface area (Å²) in [6, 6.07) is 11.8. The van der Waals surface area contributed by atoms with E-state index in [1.54, 1.807) is 18.5 Å². The second-order valence-corrected chi connectivity index (χ2v) is 12.2. The van der Waals surface area contributed by atoms with E-state index in [0.717, 1.165) is 48.8 Å². The molecule has 0 aliphatic rings. The third-order valence-corrected chi connectivity index (χ3v) is 7.62. The molecule has 2 heterocycles. The van der Waals surface area contributed by atoms with E-state index in [0.29, 0.717) is 42.2 Å². The van der Waals surface area contributed by atoms with Crippen molar-refractivity contribution >= 4 is 5.91 Å². The molecule has 0 bridgehead atoms. The molecule has 4 rings (SSSR count). The molecular formula is C36H46F2N6O3. The second-order valence-electron chi connectivity index (χ2n) is 12.2. The molecule has 0 aliphatic carbocycles. The van der Waals surface area contributed by atoms with Gasteiger partial charge in [-0.25, -0.2) is 13.8 Å². The van der Waals surface area contributed by atoms with Gasteiger partial charge in [-0.1, -0.05) is 13.8 Å². The molecule has 1 amide bonds. The summed E-state index contributed by atoms with van der Waals surface area (Å²) in [5.74, 6) is -1.49. The van der Waals surface area contributed by atoms with E-state index >= 15 is 0 Å². The fourth-order valence-electron chi connectivity index (χ4n) is 5.64. The van der Waals surface area contributed by atoms with Crippen LogP contribution in [0.2, 0.25) is 0 Å². The smallest absolute Gasteiger partial charge is 0.251 e. The predicted molar refractivity (Wildman–Crippen MR) is 178 cm³/mol. The van der Waals surface area contributed by atoms with Gasteiger partial charge < -0.3 is 25.1 Å². The fraction of sp³-hybridized carbons (Fsp3) is 0.417. The number of aromatic nitrogens is 2. The van der Waals surface area contributed by atoms with Gasteiger partial charge in [0.15, 0.2) is 0 Å². The third kappa shape index (κ3) is 11.3. The van der Waals surface area contributed by atoms with E-state index < -0.39 is 29.7 Å². The minimum atomic E-state index is -1.08. The monoisotopic (exact) mass is 648 g/mol. The lowest BCUT2D eigenvalue weighted by Gasteiger charge is -2.25. The number of carbonyl (C=O) groups is 1. The maximum atomic E-state index is 14.1. The van der Waals surface area contributed by atoms with Gasteiger partial charge in [-0.05, 0) is 106 Å². The van der Waals surface area contributed by atoms with Crippen LogP contribution in [0.1, 0.15) is 59.4 Å². The van der Waals surface area contributed by atoms with E-state index in [4.69, 9.17) is 4.42 Å². The van der Waals surface area contributed by atoms with Gasteiger partial charge in [0, 0.05) is 49.6 Å². The van der Waals surface area contributed by atoms with Crippen LogP contribution in [-0.2, 0) is 26.1 Å². The number of hydrogen-bond acceptors (Lipinski definition) is 8. The number of amides is 1. The van der Waals surface area contributed by atoms with Crippen LogP contribution >= 0.6 is 0 Å². The van der Waals surface area contributed by atoms with Gasteiger partial charge in [0.25, 0.3) is 5.91 Å². The molecule has 2 aromatic carbocycles. The molecule has 0 aliphatic heterocycles. The Hall–Kier alpha value is -4.03. The Kier molecular flexibility index (Phi) is 13.5. The molecule has 11 heteroatoms. The van der Waals surface area contributed by atoms with Crippen LogP contribution in [0, 0.1) is 11.6 Å². The Balaban J connectivity index is 1.56. The third-order valence-electron chi connectivity index (χ3n) is 7.62. The van der Waals surface area contributed by atoms with Gasteiger partial charge in [0.2, 0.25) is 5.89 Å². The van der Waals surface area contributed by atoms with Crippen molar-refractivity contribution in [1.82, 2.24) is 30.4 Å². The molecule has 9 nitrogen and oxygen atoms in total. The van der Waals surface area contributed by atoms with Crippen molar-refractivity contribution in [3.05, 3.63) is 107 Å². The lowest BCUT2D eigenvalue weighted by atomic mass is 9.99. The number of halogens is 2. The van der Waals surface area contributed by atoms with Gasteiger partial charge in [0.05, 0.1) is 24.0 Å². The number of aliphatic hydroxyl groups is 1. The summed E-state index contributed by atoms with van der Waals surface area (Å²) in [6.45, 7) is 8.02. The van der Waals surface area contributed by atoms with Crippen molar-refractivity contribution in [3.8, 4) is 11.5 Å². The lowest BCUT2D eigenvalue weighted by molar-refractivity contribution is 0.0829. The lowest BCUT2D eigenvalue weighted by Crippen LogP contribution is -2.48. The number of oxazole rings is 1. The molecule has 0 unspecified atom stereocenters. The van der Waals surface area contributed by atoms with Gasteiger partial charge >= 0.3 is 0 Å². The molecule has 0 radical (unpaired) electrons. The summed E-state index contributed by atoms with van der Waals surface area (Å²) in [4.78, 5) is 26.9. The Morgan fingerprint density at radius 2 is 1.66 bits per heavy atom. The number of nitrogens with zero attached hydrogens (tertiary/aromatic N) is 4. The summed E-state index contributed by atoms with van der Waals surface area (Å²) in [5, 5.41) is 17.5. The van der Waals surface area contributed by atoms with Crippen LogP contribution in [0.3, 0.4) is 0 Å². The number of rotatable bonds is 18. The number of hydrogen-bond donors (Lipinski definition) is 3. The minimum Gasteiger partial charge on any atom is -0.445 e. The molecule has 2 aromatic heterocycles. The number of carbonyl (C=O) groups excluding carboxylic acids is 1. The second kappa shape index (κ2) is 17.8. The topological polar surface area (TPSA) is 107 Å². The van der Waals surface area contributed by atoms with Crippen LogP contribution in [-0.4, -0.2) is 76.7 Å². The molecule has 0 spiro atoms. The molecule has 0 fully saturated rings. The summed E-state index contributed by atoms with van der Waals surface area (Å²) in [6.07, 6.45) is 5.71. The zero-order valence-corrected chi connectivity index (χ0v) is 27.7. The molecule has 4 aromatic rings. The SMILES string of the molecule is CCCN(CCC)Cc1cc(C(=O)N[C@@H](Cc2cc(F)cc(F)c2)[C@H](O)CNCc2ccnc(CN(C)C)c2)cc(-c2ncco2)c1. The maximum absolute atomic E-state index is 14.1. The Bertz CT molecular complexity index is 1540. The highest BCUT2D eigenvalue weighted by atomic mass is 19.1. The molecule has 252 valence electrons. The van der Waals surface area contributed by atoms with E-state index in [-0.39, 0.29) is 13.0 Å². The van der Waals surface area contributed by atoms with E-state index in [1.165, 1.54) is 18.4 Å². The van der Waals surface area contributed by atoms with E-state index in [2.05, 4.69) is 39.3 Å². The summed E-state index contributed by atoms with van der Waals surface area (Å²) in [7, 11) is 3.95. The van der Waals surface area contributed by atoms with Crippen LogP contribution < -0.4 is 10.6 Å². The average Bonchev–Trinajstić information content (AvgIpc) is 3.56. The van der Waals surface area contributed by atoms with Crippen molar-refractivity contribution < 1.29 is 23.1 Å². The zero-order chi connectivity index (χ0) is 33.8. The van der Waals surface area contributed by atoms with E-state index in [1.807, 2.05) is 43.3 Å². The van der Waals surface area contributed by atoms with Gasteiger partial charge in [0.1, 0.15) is 17.9 Å². The highest BCUT2D eigenvalue weighted by Gasteiger charge is 2.24. The first kappa shape index (κ1) is 35.8. The molecule has 0 saturated carbocycles. The van der Waals surface area contributed by atoms with Crippen LogP contribution in [0.4, 0.5) is 8.78 Å². The van der Waals surface area contributed by atoms with Crippen molar-refractivity contribution in [1.29, 1.82) is 0 Å². The van der Waals surface area contributed by atoms with E-state index in [9.17, 15) is 18.7 Å². The van der Waals surface area contributed by atoms with Crippen molar-refractivity contribution in [3.63, 3.8) is 0 Å². The van der Waals surface area contributed by atoms with Crippen molar-refractivity contribution in [2.75, 3.05) is 33.7 Å². The minimum absolute atomic E-state index is 0.0125. The van der Waals surface area contributed by atoms with Gasteiger partial charge in [-0.2, -0.15) is 0 Å². The standard InChI is InChI=1S/C36H46F2N6O3/c1-5-10-44(11-6-2)23-27-13-28(19-29(14-27)36-41-9-12-47-36)35(46)42-33(18-26-15-30(37)20-31(38)16-26)34(45)22-39-21-25-7-8-40-32(17-25)24-43(3)4/h7-9,12-17,19-20,33-34,39,45H,5-6,10-11,18,21-24H2,1-4H3,(H,42,46)/t33-,34+/m0/s1. The Labute approximate surface area is 276 Å². The number of nitrogens with one attached hydrogen (secondary N) is 2. The fourth-order valence-corrected chi connectivity index (χ4v) is 5.64. The van der Waals surface area contributed by atoms with Crippen molar-refractivity contribution in [2.24, 2.45) is 0 Å². The van der Waals surface area contributed by atoms with Crippen LogP contribution in [0.5, 0.6) is 0 Å². The zero-order valence-electron chi connectivity index (χ0n) is 27.7. The highest BCUT2D eigenvalue weighted by Crippen LogP contribution is 2.23. The molecular weight excluding hydrogens is 602 g/mol. The number of pyridine rings is 1. The largest absolute Gasteiger partial charge is 0.445 e. The normalized spacial score (nSPS) is 12.9. The average molecular weight is 649 g/mol. The van der Waals surface area contributed by atoms with Crippen LogP contribution in [0.15, 0.2) is 71.6 Å². The van der Waals surface area contributed by atoms with Crippen molar-refractivity contribution in [2.45, 2.75) is 64.9 Å². The Morgan fingerprint density at radius 1 is 0.915 bits per heavy atom. The summed E-state index contributed by atoms with van der Waals surface area (Å²) < 4.78 is 33.8. The first-order chi connectivity index (χ1) is 22.6. The quantitative estimate of drug-likeness (QED) is 0.135. The number of aliphatic hydroxyl groups excluding tert-OH is 1. The molecule has 3 N–H and O–H groups in total. The Morgan fingerprint density at radius 3 is 2.32 bits per heavy atom. The molecule has 47 heavy (non-hydrogen) atoms. The van der Waals surface area contributed by atoms with Gasteiger partial charge in [-0.3, -0.25) is 14.7 Å². The molecule has 0 saturated heterocycles. The first-order valence-corrected chi connectivity index (χ1v) is 16.1. The predicted octanol–water partition coefficient (Wildman–Crippen LogP) is 5.19. The maximum Gasteiger partial charge on any atom is 0.251 e. The van der Waals surface area contributed by atoms with Gasteiger partial charge in [-0.15, -0.1) is 0 Å². The highest BCUT2D eigenvalue weighted by molar-refractivity contribution is 5.95. The van der Waals surface area contributed by atoms with Crippen LogP contribution in [0.25, 0.3) is 11.5 Å². The summed E-state index contributed by atoms with van der Waals surface area (Å²) in [5.41, 5.74) is 4.18. The first-order valence-electron chi connectivity index (χ1n) is 16.1. The summed E-state index contributed by atoms with van der Waals surface area (Å²) >= 11 is 0. The molecule has 2 atom stereocenters. The number of benzene rings is 2.